The van der Waals surface area contributed by atoms with Crippen LogP contribution in [0.15, 0.2) is 35.6 Å². The first-order valence-corrected chi connectivity index (χ1v) is 9.54. The fraction of sp³-hybridized carbons (Fsp3) is 0.412. The SMILES string of the molecule is CC1CN(c2cc(SCc3ccc(Cl)c(Cl)c3)ncn2)CC(C)O1. The molecule has 4 nitrogen and oxygen atoms in total. The number of morpholine rings is 1. The van der Waals surface area contributed by atoms with Gasteiger partial charge in [-0.2, -0.15) is 0 Å². The number of ether oxygens (including phenoxy) is 1. The molecular weight excluding hydrogens is 365 g/mol. The standard InChI is InChI=1S/C17H19Cl2N3OS/c1-11-7-22(8-12(2)23-11)16-6-17(21-10-20-16)24-9-13-3-4-14(18)15(19)5-13/h3-6,10-12H,7-9H2,1-2H3. The van der Waals surface area contributed by atoms with Gasteiger partial charge in [-0.05, 0) is 31.5 Å². The predicted octanol–water partition coefficient (Wildman–Crippen LogP) is 4.69. The lowest BCUT2D eigenvalue weighted by Crippen LogP contribution is -2.45. The van der Waals surface area contributed by atoms with Crippen LogP contribution in [0.4, 0.5) is 5.82 Å². The summed E-state index contributed by atoms with van der Waals surface area (Å²) in [6.07, 6.45) is 2.03. The third kappa shape index (κ3) is 4.54. The van der Waals surface area contributed by atoms with Crippen molar-refractivity contribution < 1.29 is 4.74 Å². The molecule has 0 spiro atoms. The van der Waals surface area contributed by atoms with Gasteiger partial charge in [0.25, 0.3) is 0 Å². The lowest BCUT2D eigenvalue weighted by atomic mass is 10.2. The zero-order valence-electron chi connectivity index (χ0n) is 13.6. The molecule has 0 bridgehead atoms. The second-order valence-corrected chi connectivity index (χ2v) is 7.72. The number of hydrogen-bond acceptors (Lipinski definition) is 5. The number of thioether (sulfide) groups is 1. The topological polar surface area (TPSA) is 38.2 Å². The minimum atomic E-state index is 0.205. The second kappa shape index (κ2) is 7.91. The van der Waals surface area contributed by atoms with Gasteiger partial charge < -0.3 is 9.64 Å². The summed E-state index contributed by atoms with van der Waals surface area (Å²) in [5, 5.41) is 2.10. The molecule has 3 rings (SSSR count). The van der Waals surface area contributed by atoms with E-state index in [1.165, 1.54) is 0 Å². The van der Waals surface area contributed by atoms with Crippen LogP contribution in [0, 0.1) is 0 Å². The van der Waals surface area contributed by atoms with E-state index in [1.807, 2.05) is 24.3 Å². The van der Waals surface area contributed by atoms with Crippen LogP contribution in [-0.2, 0) is 10.5 Å². The quantitative estimate of drug-likeness (QED) is 0.565. The molecule has 2 unspecified atom stereocenters. The molecule has 0 radical (unpaired) electrons. The van der Waals surface area contributed by atoms with E-state index in [4.69, 9.17) is 27.9 Å². The summed E-state index contributed by atoms with van der Waals surface area (Å²) in [5.41, 5.74) is 1.11. The second-order valence-electron chi connectivity index (χ2n) is 5.91. The number of benzene rings is 1. The summed E-state index contributed by atoms with van der Waals surface area (Å²) in [4.78, 5) is 11.0. The number of nitrogens with zero attached hydrogens (tertiary/aromatic N) is 3. The van der Waals surface area contributed by atoms with Crippen LogP contribution in [0.1, 0.15) is 19.4 Å². The first kappa shape index (κ1) is 17.8. The van der Waals surface area contributed by atoms with Crippen molar-refractivity contribution in [3.8, 4) is 0 Å². The maximum absolute atomic E-state index is 6.06. The minimum absolute atomic E-state index is 0.205. The highest BCUT2D eigenvalue weighted by molar-refractivity contribution is 7.98. The van der Waals surface area contributed by atoms with E-state index in [2.05, 4.69) is 28.7 Å². The number of rotatable bonds is 4. The van der Waals surface area contributed by atoms with Crippen LogP contribution >= 0.6 is 35.0 Å². The van der Waals surface area contributed by atoms with E-state index in [0.29, 0.717) is 10.0 Å². The summed E-state index contributed by atoms with van der Waals surface area (Å²) >= 11 is 13.7. The molecule has 0 amide bonds. The Morgan fingerprint density at radius 3 is 2.58 bits per heavy atom. The summed E-state index contributed by atoms with van der Waals surface area (Å²) in [7, 11) is 0. The molecular formula is C17H19Cl2N3OS. The average Bonchev–Trinajstić information content (AvgIpc) is 2.55. The predicted molar refractivity (Wildman–Crippen MR) is 100 cm³/mol. The molecule has 1 aromatic carbocycles. The Kier molecular flexibility index (Phi) is 5.87. The Balaban J connectivity index is 1.67. The first-order valence-electron chi connectivity index (χ1n) is 7.80. The van der Waals surface area contributed by atoms with Crippen molar-refractivity contribution in [2.75, 3.05) is 18.0 Å². The van der Waals surface area contributed by atoms with Crippen molar-refractivity contribution in [2.45, 2.75) is 36.8 Å². The molecule has 2 atom stereocenters. The summed E-state index contributed by atoms with van der Waals surface area (Å²) < 4.78 is 5.78. The Morgan fingerprint density at radius 2 is 1.88 bits per heavy atom. The molecule has 2 aromatic rings. The highest BCUT2D eigenvalue weighted by atomic mass is 35.5. The molecule has 1 saturated heterocycles. The van der Waals surface area contributed by atoms with Crippen LogP contribution in [0.5, 0.6) is 0 Å². The number of anilines is 1. The van der Waals surface area contributed by atoms with Gasteiger partial charge in [-0.1, -0.05) is 29.3 Å². The Hall–Kier alpha value is -1.01. The molecule has 1 aliphatic rings. The third-order valence-electron chi connectivity index (χ3n) is 3.74. The smallest absolute Gasteiger partial charge is 0.133 e. The number of hydrogen-bond donors (Lipinski definition) is 0. The van der Waals surface area contributed by atoms with E-state index in [-0.39, 0.29) is 12.2 Å². The van der Waals surface area contributed by atoms with Gasteiger partial charge in [-0.15, -0.1) is 11.8 Å². The Bertz CT molecular complexity index is 706. The lowest BCUT2D eigenvalue weighted by molar-refractivity contribution is -0.00548. The van der Waals surface area contributed by atoms with Crippen molar-refractivity contribution in [1.82, 2.24) is 9.97 Å². The van der Waals surface area contributed by atoms with Gasteiger partial charge >= 0.3 is 0 Å². The Morgan fingerprint density at radius 1 is 1.12 bits per heavy atom. The average molecular weight is 384 g/mol. The van der Waals surface area contributed by atoms with Crippen LogP contribution in [0.2, 0.25) is 10.0 Å². The van der Waals surface area contributed by atoms with Gasteiger partial charge in [0.2, 0.25) is 0 Å². The van der Waals surface area contributed by atoms with Crippen LogP contribution in [-0.4, -0.2) is 35.3 Å². The molecule has 128 valence electrons. The highest BCUT2D eigenvalue weighted by Gasteiger charge is 2.23. The maximum atomic E-state index is 6.06. The largest absolute Gasteiger partial charge is 0.372 e. The zero-order valence-corrected chi connectivity index (χ0v) is 15.9. The minimum Gasteiger partial charge on any atom is -0.372 e. The van der Waals surface area contributed by atoms with Crippen molar-refractivity contribution >= 4 is 40.8 Å². The van der Waals surface area contributed by atoms with Crippen LogP contribution < -0.4 is 4.90 Å². The van der Waals surface area contributed by atoms with Crippen molar-refractivity contribution in [3.05, 3.63) is 46.2 Å². The molecule has 2 heterocycles. The highest BCUT2D eigenvalue weighted by Crippen LogP contribution is 2.28. The van der Waals surface area contributed by atoms with Crippen molar-refractivity contribution in [2.24, 2.45) is 0 Å². The fourth-order valence-corrected chi connectivity index (χ4v) is 3.86. The van der Waals surface area contributed by atoms with E-state index in [9.17, 15) is 0 Å². The van der Waals surface area contributed by atoms with Gasteiger partial charge in [0.15, 0.2) is 0 Å². The monoisotopic (exact) mass is 383 g/mol. The van der Waals surface area contributed by atoms with Gasteiger partial charge in [0.05, 0.1) is 22.3 Å². The Labute approximate surface area is 156 Å². The molecule has 1 aromatic heterocycles. The van der Waals surface area contributed by atoms with Crippen LogP contribution in [0.3, 0.4) is 0 Å². The van der Waals surface area contributed by atoms with E-state index in [0.717, 1.165) is 35.2 Å². The van der Waals surface area contributed by atoms with E-state index >= 15 is 0 Å². The summed E-state index contributed by atoms with van der Waals surface area (Å²) in [5.74, 6) is 1.73. The fourth-order valence-electron chi connectivity index (χ4n) is 2.73. The molecule has 1 fully saturated rings. The summed E-state index contributed by atoms with van der Waals surface area (Å²) in [6.45, 7) is 5.87. The molecule has 1 aliphatic heterocycles. The third-order valence-corrected chi connectivity index (χ3v) is 5.48. The zero-order chi connectivity index (χ0) is 17.1. The molecule has 0 saturated carbocycles. The normalized spacial score (nSPS) is 21.1. The molecule has 7 heteroatoms. The summed E-state index contributed by atoms with van der Waals surface area (Å²) in [6, 6.07) is 7.73. The number of halogens is 2. The van der Waals surface area contributed by atoms with Gasteiger partial charge in [0, 0.05) is 24.9 Å². The van der Waals surface area contributed by atoms with E-state index < -0.39 is 0 Å². The lowest BCUT2D eigenvalue weighted by Gasteiger charge is -2.36. The van der Waals surface area contributed by atoms with Crippen LogP contribution in [0.25, 0.3) is 0 Å². The molecule has 0 N–H and O–H groups in total. The van der Waals surface area contributed by atoms with E-state index in [1.54, 1.807) is 18.1 Å². The maximum Gasteiger partial charge on any atom is 0.133 e. The van der Waals surface area contributed by atoms with Gasteiger partial charge in [-0.3, -0.25) is 0 Å². The van der Waals surface area contributed by atoms with Crippen molar-refractivity contribution in [3.63, 3.8) is 0 Å². The number of aromatic nitrogens is 2. The molecule has 24 heavy (non-hydrogen) atoms. The van der Waals surface area contributed by atoms with Gasteiger partial charge in [0.1, 0.15) is 17.2 Å². The first-order chi connectivity index (χ1) is 11.5. The van der Waals surface area contributed by atoms with Crippen molar-refractivity contribution in [1.29, 1.82) is 0 Å². The molecule has 0 aliphatic carbocycles. The van der Waals surface area contributed by atoms with Gasteiger partial charge in [-0.25, -0.2) is 9.97 Å².